The van der Waals surface area contributed by atoms with Crippen molar-refractivity contribution in [2.24, 2.45) is 4.99 Å². The second-order valence-electron chi connectivity index (χ2n) is 4.83. The summed E-state index contributed by atoms with van der Waals surface area (Å²) in [6, 6.07) is 16.5. The predicted octanol–water partition coefficient (Wildman–Crippen LogP) is 3.09. The lowest BCUT2D eigenvalue weighted by Gasteiger charge is -2.10. The van der Waals surface area contributed by atoms with Gasteiger partial charge in [-0.3, -0.25) is 4.79 Å². The molecule has 0 saturated heterocycles. The van der Waals surface area contributed by atoms with Crippen molar-refractivity contribution in [3.8, 4) is 0 Å². The van der Waals surface area contributed by atoms with Gasteiger partial charge in [0.1, 0.15) is 5.71 Å². The summed E-state index contributed by atoms with van der Waals surface area (Å²) in [5.74, 6) is -0.406. The Morgan fingerprint density at radius 3 is 2.29 bits per heavy atom. The molecule has 2 aromatic rings. The Balaban J connectivity index is 2.22. The topological polar surface area (TPSA) is 61.7 Å². The van der Waals surface area contributed by atoms with Crippen LogP contribution in [-0.4, -0.2) is 22.8 Å². The van der Waals surface area contributed by atoms with E-state index in [-0.39, 0.29) is 5.71 Å². The Morgan fingerprint density at radius 1 is 1.10 bits per heavy atom. The monoisotopic (exact) mass is 282 g/mol. The molecule has 108 valence electrons. The summed E-state index contributed by atoms with van der Waals surface area (Å²) < 4.78 is 0. The Labute approximate surface area is 124 Å². The Morgan fingerprint density at radius 2 is 1.71 bits per heavy atom. The summed E-state index contributed by atoms with van der Waals surface area (Å²) in [5.41, 5.74) is 2.50. The second kappa shape index (κ2) is 6.81. The molecule has 4 nitrogen and oxygen atoms in total. The highest BCUT2D eigenvalue weighted by molar-refractivity contribution is 6.44. The number of hydrogen-bond donors (Lipinski definition) is 2. The highest BCUT2D eigenvalue weighted by Crippen LogP contribution is 2.14. The number of nitrogens with zero attached hydrogens (tertiary/aromatic N) is 1. The molecule has 0 aliphatic heterocycles. The minimum atomic E-state index is -0.949. The molecule has 2 N–H and O–H groups in total. The van der Waals surface area contributed by atoms with Gasteiger partial charge in [0.25, 0.3) is 5.91 Å². The van der Waals surface area contributed by atoms with E-state index in [2.05, 4.69) is 10.3 Å². The third-order valence-corrected chi connectivity index (χ3v) is 2.94. The Bertz CT molecular complexity index is 632. The fraction of sp³-hybridized carbons (Fsp3) is 0.176. The number of para-hydroxylation sites is 1. The summed E-state index contributed by atoms with van der Waals surface area (Å²) in [5, 5.41) is 12.5. The summed E-state index contributed by atoms with van der Waals surface area (Å²) in [6.07, 6.45) is -0.949. The number of anilines is 1. The molecular formula is C17H18N2O2. The predicted molar refractivity (Wildman–Crippen MR) is 85.0 cm³/mol. The van der Waals surface area contributed by atoms with Crippen LogP contribution in [0.25, 0.3) is 0 Å². The number of nitrogens with one attached hydrogen (secondary N) is 1. The fourth-order valence-electron chi connectivity index (χ4n) is 1.81. The molecule has 2 rings (SSSR count). The average molecular weight is 282 g/mol. The molecule has 0 saturated carbocycles. The maximum atomic E-state index is 12.2. The highest BCUT2D eigenvalue weighted by Gasteiger charge is 2.17. The van der Waals surface area contributed by atoms with E-state index in [1.807, 2.05) is 49.4 Å². The first-order chi connectivity index (χ1) is 10.1. The number of aryl methyl sites for hydroxylation is 1. The summed E-state index contributed by atoms with van der Waals surface area (Å²) >= 11 is 0. The molecule has 1 amide bonds. The van der Waals surface area contributed by atoms with Gasteiger partial charge in [-0.25, -0.2) is 4.99 Å². The van der Waals surface area contributed by atoms with Gasteiger partial charge in [-0.15, -0.1) is 0 Å². The van der Waals surface area contributed by atoms with E-state index in [9.17, 15) is 9.90 Å². The van der Waals surface area contributed by atoms with E-state index in [0.717, 1.165) is 5.56 Å². The van der Waals surface area contributed by atoms with Crippen molar-refractivity contribution < 1.29 is 9.90 Å². The van der Waals surface area contributed by atoms with Crippen LogP contribution in [0.15, 0.2) is 59.6 Å². The van der Waals surface area contributed by atoms with Crippen LogP contribution in [0.4, 0.5) is 11.4 Å². The molecule has 0 radical (unpaired) electrons. The van der Waals surface area contributed by atoms with Crippen LogP contribution in [0.5, 0.6) is 0 Å². The molecule has 0 spiro atoms. The summed E-state index contributed by atoms with van der Waals surface area (Å²) in [4.78, 5) is 16.5. The number of carbonyl (C=O) groups is 1. The van der Waals surface area contributed by atoms with Gasteiger partial charge in [-0.05, 0) is 38.1 Å². The zero-order valence-electron chi connectivity index (χ0n) is 12.1. The van der Waals surface area contributed by atoms with Crippen molar-refractivity contribution in [1.82, 2.24) is 0 Å². The minimum Gasteiger partial charge on any atom is -0.387 e. The first-order valence-corrected chi connectivity index (χ1v) is 6.76. The molecular weight excluding hydrogens is 264 g/mol. The third-order valence-electron chi connectivity index (χ3n) is 2.94. The number of benzene rings is 2. The SMILES string of the molecule is Cc1ccc(N=C(C(=O)Nc2ccccc2)C(C)O)cc1. The highest BCUT2D eigenvalue weighted by atomic mass is 16.3. The maximum absolute atomic E-state index is 12.2. The van der Waals surface area contributed by atoms with E-state index in [4.69, 9.17) is 0 Å². The van der Waals surface area contributed by atoms with Gasteiger partial charge >= 0.3 is 0 Å². The minimum absolute atomic E-state index is 0.0858. The van der Waals surface area contributed by atoms with E-state index in [1.54, 1.807) is 12.1 Å². The number of carbonyl (C=O) groups excluding carboxylic acids is 1. The molecule has 0 aromatic heterocycles. The molecule has 0 bridgehead atoms. The van der Waals surface area contributed by atoms with Gasteiger partial charge in [-0.2, -0.15) is 0 Å². The Hall–Kier alpha value is -2.46. The lowest BCUT2D eigenvalue weighted by Crippen LogP contribution is -2.31. The first kappa shape index (κ1) is 14.9. The molecule has 4 heteroatoms. The maximum Gasteiger partial charge on any atom is 0.272 e. The molecule has 0 aliphatic carbocycles. The van der Waals surface area contributed by atoms with Crippen LogP contribution in [0, 0.1) is 6.92 Å². The van der Waals surface area contributed by atoms with E-state index in [0.29, 0.717) is 11.4 Å². The number of amides is 1. The van der Waals surface area contributed by atoms with Gasteiger partial charge in [0, 0.05) is 5.69 Å². The van der Waals surface area contributed by atoms with Crippen LogP contribution in [0.2, 0.25) is 0 Å². The van der Waals surface area contributed by atoms with E-state index >= 15 is 0 Å². The van der Waals surface area contributed by atoms with Crippen LogP contribution >= 0.6 is 0 Å². The van der Waals surface area contributed by atoms with Gasteiger partial charge in [0.2, 0.25) is 0 Å². The molecule has 0 aliphatic rings. The number of aliphatic hydroxyl groups is 1. The number of aliphatic hydroxyl groups excluding tert-OH is 1. The van der Waals surface area contributed by atoms with Crippen molar-refractivity contribution in [3.63, 3.8) is 0 Å². The normalized spacial score (nSPS) is 12.8. The molecule has 1 unspecified atom stereocenters. The summed E-state index contributed by atoms with van der Waals surface area (Å²) in [7, 11) is 0. The van der Waals surface area contributed by atoms with Crippen molar-refractivity contribution >= 4 is 23.0 Å². The van der Waals surface area contributed by atoms with Gasteiger partial charge < -0.3 is 10.4 Å². The van der Waals surface area contributed by atoms with Crippen LogP contribution in [0.1, 0.15) is 12.5 Å². The first-order valence-electron chi connectivity index (χ1n) is 6.76. The fourth-order valence-corrected chi connectivity index (χ4v) is 1.81. The van der Waals surface area contributed by atoms with E-state index in [1.165, 1.54) is 6.92 Å². The zero-order chi connectivity index (χ0) is 15.2. The molecule has 21 heavy (non-hydrogen) atoms. The molecule has 0 fully saturated rings. The van der Waals surface area contributed by atoms with Crippen molar-refractivity contribution in [3.05, 3.63) is 60.2 Å². The van der Waals surface area contributed by atoms with Crippen molar-refractivity contribution in [1.29, 1.82) is 0 Å². The molecule has 1 atom stereocenters. The average Bonchev–Trinajstić information content (AvgIpc) is 2.47. The second-order valence-corrected chi connectivity index (χ2v) is 4.83. The smallest absolute Gasteiger partial charge is 0.272 e. The number of aliphatic imine (C=N–C) groups is 1. The molecule has 0 heterocycles. The third kappa shape index (κ3) is 4.26. The lowest BCUT2D eigenvalue weighted by molar-refractivity contribution is -0.110. The molecule has 2 aromatic carbocycles. The lowest BCUT2D eigenvalue weighted by atomic mass is 10.2. The van der Waals surface area contributed by atoms with Crippen LogP contribution in [0.3, 0.4) is 0 Å². The van der Waals surface area contributed by atoms with Gasteiger partial charge in [0.05, 0.1) is 11.8 Å². The van der Waals surface area contributed by atoms with Crippen LogP contribution in [-0.2, 0) is 4.79 Å². The van der Waals surface area contributed by atoms with Crippen LogP contribution < -0.4 is 5.32 Å². The quantitative estimate of drug-likeness (QED) is 0.846. The number of rotatable bonds is 4. The zero-order valence-corrected chi connectivity index (χ0v) is 12.1. The largest absolute Gasteiger partial charge is 0.387 e. The van der Waals surface area contributed by atoms with Crippen molar-refractivity contribution in [2.45, 2.75) is 20.0 Å². The number of hydrogen-bond acceptors (Lipinski definition) is 3. The van der Waals surface area contributed by atoms with Gasteiger partial charge in [0.15, 0.2) is 0 Å². The summed E-state index contributed by atoms with van der Waals surface area (Å²) in [6.45, 7) is 3.50. The standard InChI is InChI=1S/C17H18N2O2/c1-12-8-10-15(11-9-12)18-16(13(2)20)17(21)19-14-6-4-3-5-7-14/h3-11,13,20H,1-2H3,(H,19,21). The Kier molecular flexibility index (Phi) is 4.85. The van der Waals surface area contributed by atoms with Gasteiger partial charge in [-0.1, -0.05) is 35.9 Å². The van der Waals surface area contributed by atoms with E-state index < -0.39 is 12.0 Å². The van der Waals surface area contributed by atoms with Crippen molar-refractivity contribution in [2.75, 3.05) is 5.32 Å².